The van der Waals surface area contributed by atoms with Crippen LogP contribution in [0.5, 0.6) is 5.75 Å². The van der Waals surface area contributed by atoms with E-state index in [1.165, 1.54) is 12.7 Å². The molecule has 0 fully saturated rings. The Morgan fingerprint density at radius 1 is 1.28 bits per heavy atom. The number of benzene rings is 2. The Morgan fingerprint density at radius 3 is 2.76 bits per heavy atom. The number of ether oxygens (including phenoxy) is 1. The lowest BCUT2D eigenvalue weighted by Gasteiger charge is -2.35. The maximum absolute atomic E-state index is 12.8. The van der Waals surface area contributed by atoms with Crippen molar-refractivity contribution in [1.82, 2.24) is 5.32 Å². The molecular weight excluding hydrogens is 312 g/mol. The van der Waals surface area contributed by atoms with E-state index in [0.717, 1.165) is 17.7 Å². The van der Waals surface area contributed by atoms with E-state index in [9.17, 15) is 4.79 Å². The number of fused-ring (bicyclic) bond motifs is 1. The number of nitrogens with zero attached hydrogens (tertiary/aromatic N) is 1. The number of hydrogen-bond acceptors (Lipinski definition) is 4. The van der Waals surface area contributed by atoms with Crippen LogP contribution in [0, 0.1) is 11.3 Å². The Morgan fingerprint density at radius 2 is 2.04 bits per heavy atom. The van der Waals surface area contributed by atoms with Crippen LogP contribution in [0.15, 0.2) is 48.5 Å². The molecule has 0 saturated heterocycles. The van der Waals surface area contributed by atoms with Crippen molar-refractivity contribution in [2.45, 2.75) is 25.8 Å². The molecule has 4 nitrogen and oxygen atoms in total. The highest BCUT2D eigenvalue weighted by Crippen LogP contribution is 2.30. The zero-order valence-corrected chi connectivity index (χ0v) is 14.6. The smallest absolute Gasteiger partial charge is 0.191 e. The third-order valence-corrected chi connectivity index (χ3v) is 4.28. The number of carbonyl (C=O) groups is 1. The van der Waals surface area contributed by atoms with E-state index in [0.29, 0.717) is 16.9 Å². The number of rotatable bonds is 3. The summed E-state index contributed by atoms with van der Waals surface area (Å²) in [6.07, 6.45) is 2.51. The molecule has 4 heteroatoms. The van der Waals surface area contributed by atoms with Crippen LogP contribution in [-0.4, -0.2) is 18.4 Å². The molecule has 25 heavy (non-hydrogen) atoms. The molecule has 0 radical (unpaired) electrons. The summed E-state index contributed by atoms with van der Waals surface area (Å²) in [4.78, 5) is 12.8. The predicted octanol–water partition coefficient (Wildman–Crippen LogP) is 3.71. The summed E-state index contributed by atoms with van der Waals surface area (Å²) in [6.45, 7) is 4.23. The molecule has 1 heterocycles. The average Bonchev–Trinajstić information content (AvgIpc) is 2.60. The minimum absolute atomic E-state index is 0.130. The van der Waals surface area contributed by atoms with E-state index < -0.39 is 0 Å². The van der Waals surface area contributed by atoms with Crippen molar-refractivity contribution in [3.63, 3.8) is 0 Å². The van der Waals surface area contributed by atoms with E-state index in [-0.39, 0.29) is 11.3 Å². The second-order valence-corrected chi connectivity index (χ2v) is 6.79. The van der Waals surface area contributed by atoms with Gasteiger partial charge < -0.3 is 10.1 Å². The molecule has 1 aliphatic heterocycles. The third kappa shape index (κ3) is 3.41. The van der Waals surface area contributed by atoms with Crippen molar-refractivity contribution in [3.8, 4) is 11.8 Å². The lowest BCUT2D eigenvalue weighted by atomic mass is 9.85. The molecule has 0 aromatic heterocycles. The van der Waals surface area contributed by atoms with E-state index in [1.807, 2.05) is 18.2 Å². The summed E-state index contributed by atoms with van der Waals surface area (Å²) in [6, 6.07) is 15.0. The van der Waals surface area contributed by atoms with Crippen molar-refractivity contribution in [1.29, 1.82) is 5.26 Å². The van der Waals surface area contributed by atoms with Crippen molar-refractivity contribution in [3.05, 3.63) is 70.8 Å². The Balaban J connectivity index is 2.03. The molecule has 1 N–H and O–H groups in total. The fourth-order valence-electron chi connectivity index (χ4n) is 3.18. The first-order valence-corrected chi connectivity index (χ1v) is 8.14. The molecule has 0 atom stereocenters. The van der Waals surface area contributed by atoms with Gasteiger partial charge in [-0.2, -0.15) is 5.26 Å². The quantitative estimate of drug-likeness (QED) is 0.687. The second kappa shape index (κ2) is 6.45. The summed E-state index contributed by atoms with van der Waals surface area (Å²) in [7, 11) is 1.50. The molecule has 126 valence electrons. The van der Waals surface area contributed by atoms with Gasteiger partial charge in [-0.05, 0) is 44.0 Å². The number of allylic oxidation sites excluding steroid dienone is 1. The Bertz CT molecular complexity index is 904. The number of methoxy groups -OCH3 is 1. The van der Waals surface area contributed by atoms with Gasteiger partial charge in [-0.3, -0.25) is 4.79 Å². The SMILES string of the molecule is COc1cc(C#N)ccc1C(=O)C=C1NC(C)(C)Cc2ccccc21. The topological polar surface area (TPSA) is 62.1 Å². The minimum atomic E-state index is -0.156. The van der Waals surface area contributed by atoms with Gasteiger partial charge in [0.15, 0.2) is 5.78 Å². The van der Waals surface area contributed by atoms with Gasteiger partial charge in [-0.15, -0.1) is 0 Å². The van der Waals surface area contributed by atoms with E-state index >= 15 is 0 Å². The number of ketones is 1. The number of nitrogens with one attached hydrogen (secondary N) is 1. The Hall–Kier alpha value is -3.06. The van der Waals surface area contributed by atoms with Gasteiger partial charge in [0.1, 0.15) is 5.75 Å². The third-order valence-electron chi connectivity index (χ3n) is 4.28. The molecule has 3 rings (SSSR count). The van der Waals surface area contributed by atoms with Crippen molar-refractivity contribution in [2.24, 2.45) is 0 Å². The van der Waals surface area contributed by atoms with Gasteiger partial charge in [0.05, 0.1) is 24.3 Å². The van der Waals surface area contributed by atoms with Crippen LogP contribution in [0.4, 0.5) is 0 Å². The molecule has 0 amide bonds. The first kappa shape index (κ1) is 16.8. The summed E-state index contributed by atoms with van der Waals surface area (Å²) < 4.78 is 5.29. The fraction of sp³-hybridized carbons (Fsp3) is 0.238. The fourth-order valence-corrected chi connectivity index (χ4v) is 3.18. The first-order chi connectivity index (χ1) is 11.9. The highest BCUT2D eigenvalue weighted by atomic mass is 16.5. The van der Waals surface area contributed by atoms with Crippen molar-refractivity contribution in [2.75, 3.05) is 7.11 Å². The molecular formula is C21H20N2O2. The minimum Gasteiger partial charge on any atom is -0.496 e. The number of carbonyl (C=O) groups excluding carboxylic acids is 1. The van der Waals surface area contributed by atoms with Gasteiger partial charge in [-0.1, -0.05) is 24.3 Å². The molecule has 2 aromatic rings. The number of hydrogen-bond donors (Lipinski definition) is 1. The van der Waals surface area contributed by atoms with Crippen LogP contribution in [0.2, 0.25) is 0 Å². The zero-order valence-electron chi connectivity index (χ0n) is 14.6. The Kier molecular flexibility index (Phi) is 4.33. The van der Waals surface area contributed by atoms with E-state index in [2.05, 4.69) is 31.3 Å². The lowest BCUT2D eigenvalue weighted by molar-refractivity contribution is 0.104. The van der Waals surface area contributed by atoms with Crippen LogP contribution in [0.3, 0.4) is 0 Å². The second-order valence-electron chi connectivity index (χ2n) is 6.79. The monoisotopic (exact) mass is 332 g/mol. The standard InChI is InChI=1S/C21H20N2O2/c1-21(2)12-15-6-4-5-7-16(15)18(23-21)11-19(24)17-9-8-14(13-22)10-20(17)25-3/h4-11,23H,12H2,1-3H3. The van der Waals surface area contributed by atoms with E-state index in [1.54, 1.807) is 24.3 Å². The van der Waals surface area contributed by atoms with Crippen LogP contribution in [0.1, 0.15) is 40.9 Å². The number of nitriles is 1. The predicted molar refractivity (Wildman–Crippen MR) is 97.4 cm³/mol. The van der Waals surface area contributed by atoms with E-state index in [4.69, 9.17) is 10.00 Å². The van der Waals surface area contributed by atoms with Crippen LogP contribution < -0.4 is 10.1 Å². The largest absolute Gasteiger partial charge is 0.496 e. The van der Waals surface area contributed by atoms with Gasteiger partial charge >= 0.3 is 0 Å². The maximum Gasteiger partial charge on any atom is 0.191 e. The molecule has 0 aliphatic carbocycles. The molecule has 0 unspecified atom stereocenters. The summed E-state index contributed by atoms with van der Waals surface area (Å²) in [5.41, 5.74) is 3.85. The highest BCUT2D eigenvalue weighted by molar-refractivity contribution is 6.10. The highest BCUT2D eigenvalue weighted by Gasteiger charge is 2.27. The molecule has 1 aliphatic rings. The Labute approximate surface area is 147 Å². The summed E-state index contributed by atoms with van der Waals surface area (Å²) in [5.74, 6) is 0.251. The molecule has 0 spiro atoms. The van der Waals surface area contributed by atoms with Crippen LogP contribution in [0.25, 0.3) is 5.70 Å². The van der Waals surface area contributed by atoms with Gasteiger partial charge in [0.25, 0.3) is 0 Å². The van der Waals surface area contributed by atoms with Crippen LogP contribution >= 0.6 is 0 Å². The van der Waals surface area contributed by atoms with Gasteiger partial charge in [-0.25, -0.2) is 0 Å². The van der Waals surface area contributed by atoms with Crippen LogP contribution in [-0.2, 0) is 6.42 Å². The normalized spacial score (nSPS) is 16.5. The molecule has 0 saturated carbocycles. The maximum atomic E-state index is 12.8. The summed E-state index contributed by atoms with van der Waals surface area (Å²) in [5, 5.41) is 12.5. The van der Waals surface area contributed by atoms with Gasteiger partial charge in [0, 0.05) is 22.9 Å². The first-order valence-electron chi connectivity index (χ1n) is 8.14. The van der Waals surface area contributed by atoms with Crippen molar-refractivity contribution >= 4 is 11.5 Å². The molecule has 0 bridgehead atoms. The summed E-state index contributed by atoms with van der Waals surface area (Å²) >= 11 is 0. The van der Waals surface area contributed by atoms with Crippen molar-refractivity contribution < 1.29 is 9.53 Å². The lowest BCUT2D eigenvalue weighted by Crippen LogP contribution is -2.43. The molecule has 2 aromatic carbocycles. The zero-order chi connectivity index (χ0) is 18.0. The average molecular weight is 332 g/mol. The van der Waals surface area contributed by atoms with Gasteiger partial charge in [0.2, 0.25) is 0 Å².